The first-order valence-electron chi connectivity index (χ1n) is 8.69. The molecule has 1 saturated heterocycles. The van der Waals surface area contributed by atoms with Crippen molar-refractivity contribution in [2.24, 2.45) is 5.92 Å². The lowest BCUT2D eigenvalue weighted by atomic mass is 9.53. The molecule has 2 aliphatic carbocycles. The van der Waals surface area contributed by atoms with Gasteiger partial charge in [-0.15, -0.1) is 0 Å². The predicted molar refractivity (Wildman–Crippen MR) is 87.0 cm³/mol. The Bertz CT molecular complexity index is 700. The second kappa shape index (κ2) is 4.52. The SMILES string of the molecule is CCO[C@H]1C=CC2C3Cc4ccc(O)c5c4[C@@]2(CCN3C)[C@H]1O5. The van der Waals surface area contributed by atoms with Crippen LogP contribution in [0.2, 0.25) is 0 Å². The van der Waals surface area contributed by atoms with Crippen LogP contribution in [-0.2, 0) is 16.6 Å². The Morgan fingerprint density at radius 3 is 3.09 bits per heavy atom. The quantitative estimate of drug-likeness (QED) is 0.850. The van der Waals surface area contributed by atoms with Gasteiger partial charge in [0.1, 0.15) is 12.2 Å². The number of benzene rings is 1. The highest BCUT2D eigenvalue weighted by molar-refractivity contribution is 5.61. The number of nitrogens with zero attached hydrogens (tertiary/aromatic N) is 1. The molecule has 4 nitrogen and oxygen atoms in total. The predicted octanol–water partition coefficient (Wildman–Crippen LogP) is 2.24. The molecule has 0 amide bonds. The van der Waals surface area contributed by atoms with E-state index in [0.717, 1.165) is 19.4 Å². The minimum Gasteiger partial charge on any atom is -0.504 e. The van der Waals surface area contributed by atoms with Crippen molar-refractivity contribution < 1.29 is 14.6 Å². The summed E-state index contributed by atoms with van der Waals surface area (Å²) in [7, 11) is 2.23. The van der Waals surface area contributed by atoms with Crippen molar-refractivity contribution in [2.75, 3.05) is 20.2 Å². The van der Waals surface area contributed by atoms with Gasteiger partial charge in [0.15, 0.2) is 11.5 Å². The smallest absolute Gasteiger partial charge is 0.165 e. The van der Waals surface area contributed by atoms with Crippen LogP contribution in [0.4, 0.5) is 0 Å². The molecule has 1 aromatic carbocycles. The highest BCUT2D eigenvalue weighted by Crippen LogP contribution is 2.62. The summed E-state index contributed by atoms with van der Waals surface area (Å²) in [5, 5.41) is 10.4. The van der Waals surface area contributed by atoms with E-state index in [0.29, 0.717) is 24.3 Å². The molecular formula is C19H23NO3. The number of hydrogen-bond acceptors (Lipinski definition) is 4. The third kappa shape index (κ3) is 1.54. The van der Waals surface area contributed by atoms with Crippen LogP contribution in [0.5, 0.6) is 11.5 Å². The van der Waals surface area contributed by atoms with E-state index in [2.05, 4.69) is 30.2 Å². The van der Waals surface area contributed by atoms with Gasteiger partial charge in [-0.05, 0) is 45.0 Å². The Morgan fingerprint density at radius 1 is 1.39 bits per heavy atom. The highest BCUT2D eigenvalue weighted by Gasteiger charge is 2.64. The topological polar surface area (TPSA) is 41.9 Å². The molecule has 5 rings (SSSR count). The van der Waals surface area contributed by atoms with E-state index in [4.69, 9.17) is 9.47 Å². The summed E-state index contributed by atoms with van der Waals surface area (Å²) in [6.45, 7) is 3.78. The minimum absolute atomic E-state index is 0.0176. The molecule has 0 saturated carbocycles. The molecule has 23 heavy (non-hydrogen) atoms. The lowest BCUT2D eigenvalue weighted by Gasteiger charge is -2.56. The molecule has 1 aromatic rings. The standard InChI is InChI=1S/C19H23NO3/c1-3-22-15-7-5-12-13-10-11-4-6-14(21)17-16(11)19(12,18(15)23-17)8-9-20(13)2/h4-7,12-13,15,18,21H,3,8-10H2,1-2H3/t12?,13?,15-,18-,19-/m0/s1. The van der Waals surface area contributed by atoms with Crippen LogP contribution in [-0.4, -0.2) is 48.5 Å². The molecule has 2 aliphatic heterocycles. The fourth-order valence-corrected chi connectivity index (χ4v) is 5.56. The van der Waals surface area contributed by atoms with Gasteiger partial charge >= 0.3 is 0 Å². The summed E-state index contributed by atoms with van der Waals surface area (Å²) >= 11 is 0. The number of likely N-dealkylation sites (tertiary alicyclic amines) is 1. The van der Waals surface area contributed by atoms with E-state index >= 15 is 0 Å². The Labute approximate surface area is 136 Å². The van der Waals surface area contributed by atoms with Crippen LogP contribution in [0.3, 0.4) is 0 Å². The zero-order valence-electron chi connectivity index (χ0n) is 13.7. The van der Waals surface area contributed by atoms with E-state index < -0.39 is 0 Å². The number of likely N-dealkylation sites (N-methyl/N-ethyl adjacent to an activating group) is 1. The summed E-state index contributed by atoms with van der Waals surface area (Å²) in [5.41, 5.74) is 2.58. The molecule has 1 N–H and O–H groups in total. The van der Waals surface area contributed by atoms with Gasteiger partial charge in [-0.2, -0.15) is 0 Å². The lowest BCUT2D eigenvalue weighted by molar-refractivity contribution is -0.0681. The number of aromatic hydroxyl groups is 1. The van der Waals surface area contributed by atoms with Crippen molar-refractivity contribution in [1.82, 2.24) is 4.90 Å². The fraction of sp³-hybridized carbons (Fsp3) is 0.579. The molecule has 1 fully saturated rings. The van der Waals surface area contributed by atoms with Gasteiger partial charge in [0.05, 0.1) is 0 Å². The summed E-state index contributed by atoms with van der Waals surface area (Å²) < 4.78 is 12.4. The Morgan fingerprint density at radius 2 is 2.26 bits per heavy atom. The van der Waals surface area contributed by atoms with Crippen LogP contribution < -0.4 is 4.74 Å². The van der Waals surface area contributed by atoms with Crippen molar-refractivity contribution in [2.45, 2.75) is 43.4 Å². The second-order valence-corrected chi connectivity index (χ2v) is 7.36. The normalized spacial score (nSPS) is 39.9. The first-order valence-corrected chi connectivity index (χ1v) is 8.69. The zero-order chi connectivity index (χ0) is 15.8. The zero-order valence-corrected chi connectivity index (χ0v) is 13.7. The van der Waals surface area contributed by atoms with Gasteiger partial charge in [-0.3, -0.25) is 0 Å². The molecular weight excluding hydrogens is 290 g/mol. The first-order chi connectivity index (χ1) is 11.2. The van der Waals surface area contributed by atoms with Crippen LogP contribution in [0.15, 0.2) is 24.3 Å². The van der Waals surface area contributed by atoms with Crippen molar-refractivity contribution >= 4 is 0 Å². The maximum atomic E-state index is 10.4. The number of rotatable bonds is 2. The monoisotopic (exact) mass is 313 g/mol. The molecule has 2 heterocycles. The van der Waals surface area contributed by atoms with E-state index in [-0.39, 0.29) is 23.4 Å². The van der Waals surface area contributed by atoms with Crippen LogP contribution in [0.25, 0.3) is 0 Å². The first kappa shape index (κ1) is 13.9. The molecule has 1 spiro atoms. The minimum atomic E-state index is -0.0343. The van der Waals surface area contributed by atoms with Gasteiger partial charge in [0, 0.05) is 29.5 Å². The summed E-state index contributed by atoms with van der Waals surface area (Å²) in [6, 6.07) is 4.40. The van der Waals surface area contributed by atoms with E-state index in [1.54, 1.807) is 6.07 Å². The molecule has 4 aliphatic rings. The second-order valence-electron chi connectivity index (χ2n) is 7.36. The largest absolute Gasteiger partial charge is 0.504 e. The summed E-state index contributed by atoms with van der Waals surface area (Å²) in [5.74, 6) is 1.44. The van der Waals surface area contributed by atoms with Crippen molar-refractivity contribution in [3.63, 3.8) is 0 Å². The number of phenolic OH excluding ortho intramolecular Hbond substituents is 1. The summed E-state index contributed by atoms with van der Waals surface area (Å²) in [4.78, 5) is 2.49. The van der Waals surface area contributed by atoms with Gasteiger partial charge in [-0.1, -0.05) is 18.2 Å². The Hall–Kier alpha value is -1.52. The average molecular weight is 313 g/mol. The molecule has 0 aromatic heterocycles. The van der Waals surface area contributed by atoms with Gasteiger partial charge < -0.3 is 19.5 Å². The number of phenols is 1. The number of ether oxygens (including phenoxy) is 2. The number of piperidine rings is 1. The highest BCUT2D eigenvalue weighted by atomic mass is 16.5. The maximum Gasteiger partial charge on any atom is 0.165 e. The van der Waals surface area contributed by atoms with Crippen molar-refractivity contribution in [1.29, 1.82) is 0 Å². The van der Waals surface area contributed by atoms with Crippen LogP contribution in [0, 0.1) is 5.92 Å². The molecule has 122 valence electrons. The maximum absolute atomic E-state index is 10.4. The van der Waals surface area contributed by atoms with Gasteiger partial charge in [-0.25, -0.2) is 0 Å². The summed E-state index contributed by atoms with van der Waals surface area (Å²) in [6.07, 6.45) is 6.60. The van der Waals surface area contributed by atoms with Gasteiger partial charge in [0.2, 0.25) is 0 Å². The average Bonchev–Trinajstić information content (AvgIpc) is 2.90. The molecule has 2 bridgehead atoms. The van der Waals surface area contributed by atoms with Crippen molar-refractivity contribution in [3.8, 4) is 11.5 Å². The number of hydrogen-bond donors (Lipinski definition) is 1. The van der Waals surface area contributed by atoms with Crippen molar-refractivity contribution in [3.05, 3.63) is 35.4 Å². The van der Waals surface area contributed by atoms with E-state index in [9.17, 15) is 5.11 Å². The molecule has 0 radical (unpaired) electrons. The van der Waals surface area contributed by atoms with Crippen LogP contribution in [0.1, 0.15) is 24.5 Å². The lowest BCUT2D eigenvalue weighted by Crippen LogP contribution is -2.65. The fourth-order valence-electron chi connectivity index (χ4n) is 5.56. The van der Waals surface area contributed by atoms with Crippen LogP contribution >= 0.6 is 0 Å². The van der Waals surface area contributed by atoms with E-state index in [1.807, 2.05) is 6.92 Å². The Kier molecular flexibility index (Phi) is 2.73. The third-order valence-electron chi connectivity index (χ3n) is 6.49. The third-order valence-corrected chi connectivity index (χ3v) is 6.49. The Balaban J connectivity index is 1.76. The molecule has 5 atom stereocenters. The molecule has 2 unspecified atom stereocenters. The van der Waals surface area contributed by atoms with Gasteiger partial charge in [0.25, 0.3) is 0 Å². The molecule has 4 heteroatoms. The van der Waals surface area contributed by atoms with E-state index in [1.165, 1.54) is 11.1 Å².